The van der Waals surface area contributed by atoms with Gasteiger partial charge in [0, 0.05) is 12.6 Å². The topological polar surface area (TPSA) is 175 Å². The molecule has 1 aromatic rings. The largest absolute Gasteiger partial charge is 0.463 e. The summed E-state index contributed by atoms with van der Waals surface area (Å²) in [6, 6.07) is 0. The number of nitrogens with two attached hydrogens (primary N) is 2. The first-order valence-corrected chi connectivity index (χ1v) is 8.41. The SMILES string of the molecule is NC(N)=NCCC(=O)OC[C@H]1O[C@@H](n2cc([125I])c(=O)[nH]c2=O)C[C@@H]1O. The van der Waals surface area contributed by atoms with E-state index < -0.39 is 35.7 Å². The first kappa shape index (κ1) is 19.4. The summed E-state index contributed by atoms with van der Waals surface area (Å²) in [5, 5.41) is 10.0. The molecule has 0 aliphatic carbocycles. The van der Waals surface area contributed by atoms with E-state index in [-0.39, 0.29) is 32.0 Å². The summed E-state index contributed by atoms with van der Waals surface area (Å²) >= 11 is 1.79. The van der Waals surface area contributed by atoms with E-state index in [4.69, 9.17) is 20.9 Å². The molecule has 1 fully saturated rings. The van der Waals surface area contributed by atoms with Crippen molar-refractivity contribution < 1.29 is 19.4 Å². The van der Waals surface area contributed by atoms with E-state index in [9.17, 15) is 19.5 Å². The van der Waals surface area contributed by atoms with E-state index in [1.807, 2.05) is 0 Å². The lowest BCUT2D eigenvalue weighted by molar-refractivity contribution is -0.149. The van der Waals surface area contributed by atoms with E-state index in [2.05, 4.69) is 9.98 Å². The van der Waals surface area contributed by atoms with E-state index in [0.717, 1.165) is 0 Å². The minimum absolute atomic E-state index is 0.0122. The van der Waals surface area contributed by atoms with Crippen molar-refractivity contribution in [1.82, 2.24) is 9.55 Å². The Labute approximate surface area is 155 Å². The number of aromatic nitrogens is 2. The van der Waals surface area contributed by atoms with Crippen molar-refractivity contribution in [2.45, 2.75) is 31.3 Å². The maximum Gasteiger partial charge on any atom is 0.330 e. The molecule has 0 saturated carbocycles. The summed E-state index contributed by atoms with van der Waals surface area (Å²) in [5.41, 5.74) is 9.16. The third-order valence-electron chi connectivity index (χ3n) is 3.46. The highest BCUT2D eigenvalue weighted by molar-refractivity contribution is 14.1. The highest BCUT2D eigenvalue weighted by atomic mass is 125. The minimum atomic E-state index is -0.924. The van der Waals surface area contributed by atoms with Crippen molar-refractivity contribution >= 4 is 34.5 Å². The van der Waals surface area contributed by atoms with Crippen LogP contribution in [0.1, 0.15) is 19.1 Å². The van der Waals surface area contributed by atoms with Crippen molar-refractivity contribution in [3.05, 3.63) is 30.6 Å². The lowest BCUT2D eigenvalue weighted by Gasteiger charge is -2.16. The number of nitrogens with zero attached hydrogens (tertiary/aromatic N) is 2. The molecule has 0 amide bonds. The number of guanidine groups is 1. The van der Waals surface area contributed by atoms with Crippen molar-refractivity contribution in [3.63, 3.8) is 0 Å². The van der Waals surface area contributed by atoms with Crippen LogP contribution in [-0.2, 0) is 14.3 Å². The monoisotopic (exact) mass is 465 g/mol. The molecule has 12 heteroatoms. The Kier molecular flexibility index (Phi) is 6.55. The molecule has 25 heavy (non-hydrogen) atoms. The Morgan fingerprint density at radius 1 is 1.52 bits per heavy atom. The minimum Gasteiger partial charge on any atom is -0.463 e. The van der Waals surface area contributed by atoms with Crippen molar-refractivity contribution in [2.24, 2.45) is 16.5 Å². The van der Waals surface area contributed by atoms with Gasteiger partial charge in [-0.15, -0.1) is 0 Å². The summed E-state index contributed by atoms with van der Waals surface area (Å²) < 4.78 is 12.1. The van der Waals surface area contributed by atoms with Gasteiger partial charge in [-0.05, 0) is 22.6 Å². The zero-order chi connectivity index (χ0) is 18.6. The molecule has 0 unspecified atom stereocenters. The van der Waals surface area contributed by atoms with Gasteiger partial charge in [0.1, 0.15) is 18.9 Å². The molecule has 0 radical (unpaired) electrons. The maximum atomic E-state index is 11.9. The van der Waals surface area contributed by atoms with Crippen LogP contribution in [-0.4, -0.2) is 51.9 Å². The number of H-pyrrole nitrogens is 1. The number of carbonyl (C=O) groups excluding carboxylic acids is 1. The summed E-state index contributed by atoms with van der Waals surface area (Å²) in [7, 11) is 0. The molecule has 138 valence electrons. The van der Waals surface area contributed by atoms with Crippen LogP contribution in [0.3, 0.4) is 0 Å². The lowest BCUT2D eigenvalue weighted by atomic mass is 10.2. The highest BCUT2D eigenvalue weighted by Gasteiger charge is 2.36. The van der Waals surface area contributed by atoms with Gasteiger partial charge in [-0.1, -0.05) is 0 Å². The summed E-state index contributed by atoms with van der Waals surface area (Å²) in [5.74, 6) is -0.661. The van der Waals surface area contributed by atoms with Crippen LogP contribution in [0.4, 0.5) is 0 Å². The van der Waals surface area contributed by atoms with Gasteiger partial charge in [0.25, 0.3) is 5.56 Å². The zero-order valence-corrected chi connectivity index (χ0v) is 15.2. The maximum absolute atomic E-state index is 11.9. The molecule has 1 aliphatic heterocycles. The van der Waals surface area contributed by atoms with Crippen LogP contribution >= 0.6 is 22.6 Å². The number of aliphatic hydroxyl groups excluding tert-OH is 1. The first-order valence-electron chi connectivity index (χ1n) is 7.33. The fourth-order valence-electron chi connectivity index (χ4n) is 2.23. The van der Waals surface area contributed by atoms with Gasteiger partial charge in [-0.3, -0.25) is 24.1 Å². The van der Waals surface area contributed by atoms with Crippen molar-refractivity contribution in [2.75, 3.05) is 13.2 Å². The molecule has 1 aliphatic rings. The molecule has 2 heterocycles. The van der Waals surface area contributed by atoms with E-state index >= 15 is 0 Å². The van der Waals surface area contributed by atoms with Crippen molar-refractivity contribution in [1.29, 1.82) is 0 Å². The molecule has 1 aromatic heterocycles. The quantitative estimate of drug-likeness (QED) is 0.161. The number of hydrogen-bond acceptors (Lipinski definition) is 7. The number of carbonyl (C=O) groups is 1. The van der Waals surface area contributed by atoms with Gasteiger partial charge in [0.05, 0.1) is 22.6 Å². The van der Waals surface area contributed by atoms with Crippen LogP contribution in [0.5, 0.6) is 0 Å². The fourth-order valence-corrected chi connectivity index (χ4v) is 2.67. The first-order chi connectivity index (χ1) is 11.8. The summed E-state index contributed by atoms with van der Waals surface area (Å²) in [6.07, 6.45) is -1.01. The second-order valence-corrected chi connectivity index (χ2v) is 6.48. The number of ether oxygens (including phenoxy) is 2. The van der Waals surface area contributed by atoms with E-state index in [1.54, 1.807) is 22.6 Å². The Bertz CT molecular complexity index is 771. The molecule has 6 N–H and O–H groups in total. The number of hydrogen-bond donors (Lipinski definition) is 4. The Morgan fingerprint density at radius 2 is 2.24 bits per heavy atom. The second-order valence-electron chi connectivity index (χ2n) is 5.32. The predicted octanol–water partition coefficient (Wildman–Crippen LogP) is -2.00. The number of halogens is 1. The average Bonchev–Trinajstić information content (AvgIpc) is 2.89. The number of aliphatic imine (C=N–C) groups is 1. The number of aromatic amines is 1. The highest BCUT2D eigenvalue weighted by Crippen LogP contribution is 2.27. The molecular formula is C13H18IN5O6. The van der Waals surface area contributed by atoms with Crippen molar-refractivity contribution in [3.8, 4) is 0 Å². The third-order valence-corrected chi connectivity index (χ3v) is 4.23. The van der Waals surface area contributed by atoms with Crippen LogP contribution < -0.4 is 22.7 Å². The molecule has 3 atom stereocenters. The molecular weight excluding hydrogens is 447 g/mol. The summed E-state index contributed by atoms with van der Waals surface area (Å²) in [4.78, 5) is 40.6. The van der Waals surface area contributed by atoms with E-state index in [1.165, 1.54) is 10.8 Å². The van der Waals surface area contributed by atoms with Gasteiger partial charge in [0.15, 0.2) is 5.96 Å². The fraction of sp³-hybridized carbons (Fsp3) is 0.538. The molecule has 0 spiro atoms. The zero-order valence-electron chi connectivity index (χ0n) is 13.1. The predicted molar refractivity (Wildman–Crippen MR) is 94.8 cm³/mol. The smallest absolute Gasteiger partial charge is 0.330 e. The van der Waals surface area contributed by atoms with Crippen LogP contribution in [0.2, 0.25) is 0 Å². The van der Waals surface area contributed by atoms with Gasteiger partial charge < -0.3 is 26.0 Å². The van der Waals surface area contributed by atoms with Gasteiger partial charge in [0.2, 0.25) is 0 Å². The average molecular weight is 465 g/mol. The van der Waals surface area contributed by atoms with Gasteiger partial charge in [-0.25, -0.2) is 4.79 Å². The second kappa shape index (κ2) is 8.44. The standard InChI is InChI=1S/C13H18IN5O6/c14-6-4-19(13(23)18-11(6)22)9-3-7(20)8(25-9)5-24-10(21)1-2-17-12(15)16/h4,7-9,20H,1-3,5H2,(H4,15,16,17)(H,18,22,23)/t7-,8+,9+/m0/s1/i14-2. The summed E-state index contributed by atoms with van der Waals surface area (Å²) in [6.45, 7) is -0.0728. The number of aliphatic hydroxyl groups is 1. The third kappa shape index (κ3) is 5.27. The van der Waals surface area contributed by atoms with Crippen LogP contribution in [0.15, 0.2) is 20.8 Å². The van der Waals surface area contributed by atoms with Crippen LogP contribution in [0, 0.1) is 3.57 Å². The molecule has 1 saturated heterocycles. The Balaban J connectivity index is 1.92. The molecule has 0 bridgehead atoms. The Morgan fingerprint density at radius 3 is 2.92 bits per heavy atom. The van der Waals surface area contributed by atoms with Crippen LogP contribution in [0.25, 0.3) is 0 Å². The van der Waals surface area contributed by atoms with E-state index in [0.29, 0.717) is 3.57 Å². The number of nitrogens with one attached hydrogen (secondary N) is 1. The number of rotatable bonds is 6. The molecule has 0 aromatic carbocycles. The van der Waals surface area contributed by atoms with Gasteiger partial charge in [-0.2, -0.15) is 0 Å². The Hall–Kier alpha value is -1.93. The van der Waals surface area contributed by atoms with Gasteiger partial charge >= 0.3 is 11.7 Å². The lowest BCUT2D eigenvalue weighted by Crippen LogP contribution is -2.33. The number of esters is 1. The molecule has 11 nitrogen and oxygen atoms in total. The molecule has 2 rings (SSSR count). The normalized spacial score (nSPS) is 22.6.